The Morgan fingerprint density at radius 2 is 1.79 bits per heavy atom. The Morgan fingerprint density at radius 1 is 1.10 bits per heavy atom. The highest BCUT2D eigenvalue weighted by atomic mass is 16.6. The lowest BCUT2D eigenvalue weighted by atomic mass is 9.77. The van der Waals surface area contributed by atoms with Gasteiger partial charge in [-0.3, -0.25) is 9.59 Å². The van der Waals surface area contributed by atoms with Gasteiger partial charge in [0.2, 0.25) is 0 Å². The molecule has 0 N–H and O–H groups in total. The number of benzene rings is 1. The minimum atomic E-state index is -1.12. The van der Waals surface area contributed by atoms with E-state index in [1.807, 2.05) is 30.3 Å². The number of hydrogen-bond acceptors (Lipinski definition) is 6. The zero-order valence-corrected chi connectivity index (χ0v) is 17.7. The number of carbonyl (C=O) groups is 3. The van der Waals surface area contributed by atoms with Crippen molar-refractivity contribution in [2.24, 2.45) is 5.41 Å². The molecule has 160 valence electrons. The molecule has 7 heteroatoms. The average molecular weight is 405 g/mol. The van der Waals surface area contributed by atoms with Crippen LogP contribution in [0.1, 0.15) is 52.5 Å². The standard InChI is InChI=1S/C22H31NO6/c1-5-27-19(25)22(14-18(24)29-21(2,3)4)12-9-13-23(16-22)20(26)28-15-17-10-7-6-8-11-17/h6-8,10-11H,5,9,12-16H2,1-4H3. The van der Waals surface area contributed by atoms with Crippen LogP contribution in [0.4, 0.5) is 4.79 Å². The summed E-state index contributed by atoms with van der Waals surface area (Å²) in [6.45, 7) is 7.92. The second kappa shape index (κ2) is 9.76. The Bertz CT molecular complexity index is 712. The normalized spacial score (nSPS) is 19.4. The van der Waals surface area contributed by atoms with Crippen molar-refractivity contribution in [1.29, 1.82) is 0 Å². The maximum atomic E-state index is 12.8. The quantitative estimate of drug-likeness (QED) is 0.530. The van der Waals surface area contributed by atoms with Crippen LogP contribution in [-0.4, -0.2) is 48.2 Å². The second-order valence-corrected chi connectivity index (χ2v) is 8.33. The van der Waals surface area contributed by atoms with E-state index in [1.165, 1.54) is 4.90 Å². The van der Waals surface area contributed by atoms with Gasteiger partial charge in [-0.1, -0.05) is 30.3 Å². The summed E-state index contributed by atoms with van der Waals surface area (Å²) in [5.74, 6) is -0.962. The summed E-state index contributed by atoms with van der Waals surface area (Å²) < 4.78 is 16.1. The summed E-state index contributed by atoms with van der Waals surface area (Å²) in [6, 6.07) is 9.37. The minimum Gasteiger partial charge on any atom is -0.466 e. The summed E-state index contributed by atoms with van der Waals surface area (Å²) in [7, 11) is 0. The molecule has 0 spiro atoms. The fourth-order valence-electron chi connectivity index (χ4n) is 3.42. The number of nitrogens with zero attached hydrogens (tertiary/aromatic N) is 1. The van der Waals surface area contributed by atoms with Crippen molar-refractivity contribution in [2.75, 3.05) is 19.7 Å². The Kier molecular flexibility index (Phi) is 7.65. The molecular weight excluding hydrogens is 374 g/mol. The minimum absolute atomic E-state index is 0.0682. The van der Waals surface area contributed by atoms with Gasteiger partial charge in [-0.15, -0.1) is 0 Å². The molecule has 7 nitrogen and oxygen atoms in total. The van der Waals surface area contributed by atoms with Crippen LogP contribution in [0.25, 0.3) is 0 Å². The number of likely N-dealkylation sites (tertiary alicyclic amines) is 1. The Balaban J connectivity index is 2.09. The molecule has 0 aromatic heterocycles. The molecular formula is C22H31NO6. The second-order valence-electron chi connectivity index (χ2n) is 8.33. The predicted molar refractivity (Wildman–Crippen MR) is 107 cm³/mol. The van der Waals surface area contributed by atoms with Crippen LogP contribution < -0.4 is 0 Å². The van der Waals surface area contributed by atoms with Crippen molar-refractivity contribution >= 4 is 18.0 Å². The van der Waals surface area contributed by atoms with Crippen LogP contribution in [0.2, 0.25) is 0 Å². The van der Waals surface area contributed by atoms with Crippen molar-refractivity contribution in [1.82, 2.24) is 4.90 Å². The van der Waals surface area contributed by atoms with E-state index < -0.39 is 29.0 Å². The van der Waals surface area contributed by atoms with Crippen molar-refractivity contribution < 1.29 is 28.6 Å². The SMILES string of the molecule is CCOC(=O)C1(CC(=O)OC(C)(C)C)CCCN(C(=O)OCc2ccccc2)C1. The Hall–Kier alpha value is -2.57. The summed E-state index contributed by atoms with van der Waals surface area (Å²) in [5, 5.41) is 0. The number of hydrogen-bond donors (Lipinski definition) is 0. The number of amides is 1. The van der Waals surface area contributed by atoms with Crippen molar-refractivity contribution in [3.63, 3.8) is 0 Å². The first-order valence-corrected chi connectivity index (χ1v) is 10.00. The molecule has 0 radical (unpaired) electrons. The largest absolute Gasteiger partial charge is 0.466 e. The molecule has 1 amide bonds. The van der Waals surface area contributed by atoms with Gasteiger partial charge in [-0.2, -0.15) is 0 Å². The number of esters is 2. The lowest BCUT2D eigenvalue weighted by Gasteiger charge is -2.40. The lowest BCUT2D eigenvalue weighted by molar-refractivity contribution is -0.170. The summed E-state index contributed by atoms with van der Waals surface area (Å²) >= 11 is 0. The molecule has 1 heterocycles. The lowest BCUT2D eigenvalue weighted by Crippen LogP contribution is -2.52. The van der Waals surface area contributed by atoms with Gasteiger partial charge >= 0.3 is 18.0 Å². The molecule has 0 aliphatic carbocycles. The molecule has 1 aromatic carbocycles. The van der Waals surface area contributed by atoms with Gasteiger partial charge in [0.1, 0.15) is 12.2 Å². The molecule has 1 aliphatic rings. The van der Waals surface area contributed by atoms with E-state index in [0.717, 1.165) is 5.56 Å². The molecule has 1 saturated heterocycles. The first kappa shape index (κ1) is 22.7. The smallest absolute Gasteiger partial charge is 0.410 e. The zero-order valence-electron chi connectivity index (χ0n) is 17.7. The fraction of sp³-hybridized carbons (Fsp3) is 0.591. The third kappa shape index (κ3) is 6.76. The third-order valence-corrected chi connectivity index (χ3v) is 4.65. The van der Waals surface area contributed by atoms with Gasteiger partial charge in [0, 0.05) is 13.1 Å². The van der Waals surface area contributed by atoms with Crippen LogP contribution in [0.5, 0.6) is 0 Å². The molecule has 1 unspecified atom stereocenters. The zero-order chi connectivity index (χ0) is 21.5. The topological polar surface area (TPSA) is 82.1 Å². The van der Waals surface area contributed by atoms with Gasteiger partial charge in [0.15, 0.2) is 0 Å². The highest BCUT2D eigenvalue weighted by Crippen LogP contribution is 2.36. The van der Waals surface area contributed by atoms with Crippen LogP contribution in [0.3, 0.4) is 0 Å². The summed E-state index contributed by atoms with van der Waals surface area (Å²) in [6.07, 6.45) is 0.382. The predicted octanol–water partition coefficient (Wildman–Crippen LogP) is 3.70. The van der Waals surface area contributed by atoms with E-state index in [-0.39, 0.29) is 26.2 Å². The fourth-order valence-corrected chi connectivity index (χ4v) is 3.42. The van der Waals surface area contributed by atoms with Gasteiger partial charge in [-0.25, -0.2) is 4.79 Å². The van der Waals surface area contributed by atoms with Crippen LogP contribution in [0, 0.1) is 5.41 Å². The summed E-state index contributed by atoms with van der Waals surface area (Å²) in [4.78, 5) is 39.3. The van der Waals surface area contributed by atoms with E-state index >= 15 is 0 Å². The molecule has 1 aromatic rings. The molecule has 1 atom stereocenters. The number of rotatable bonds is 6. The van der Waals surface area contributed by atoms with Crippen molar-refractivity contribution in [3.8, 4) is 0 Å². The molecule has 2 rings (SSSR count). The van der Waals surface area contributed by atoms with E-state index in [0.29, 0.717) is 19.4 Å². The molecule has 1 fully saturated rings. The summed E-state index contributed by atoms with van der Waals surface area (Å²) in [5.41, 5.74) is -0.901. The van der Waals surface area contributed by atoms with Gasteiger partial charge < -0.3 is 19.1 Å². The maximum Gasteiger partial charge on any atom is 0.410 e. The monoisotopic (exact) mass is 405 g/mol. The highest BCUT2D eigenvalue weighted by Gasteiger charge is 2.47. The van der Waals surface area contributed by atoms with Gasteiger partial charge in [-0.05, 0) is 46.1 Å². The van der Waals surface area contributed by atoms with E-state index in [1.54, 1.807) is 27.7 Å². The molecule has 0 bridgehead atoms. The van der Waals surface area contributed by atoms with Gasteiger partial charge in [0.05, 0.1) is 18.4 Å². The molecule has 1 aliphatic heterocycles. The number of piperidine rings is 1. The third-order valence-electron chi connectivity index (χ3n) is 4.65. The first-order valence-electron chi connectivity index (χ1n) is 10.00. The first-order chi connectivity index (χ1) is 13.6. The van der Waals surface area contributed by atoms with Crippen LogP contribution in [0.15, 0.2) is 30.3 Å². The highest BCUT2D eigenvalue weighted by molar-refractivity contribution is 5.84. The average Bonchev–Trinajstić information content (AvgIpc) is 2.65. The maximum absolute atomic E-state index is 12.8. The van der Waals surface area contributed by atoms with E-state index in [2.05, 4.69) is 0 Å². The number of carbonyl (C=O) groups excluding carboxylic acids is 3. The van der Waals surface area contributed by atoms with Crippen LogP contribution in [-0.2, 0) is 30.4 Å². The van der Waals surface area contributed by atoms with E-state index in [4.69, 9.17) is 14.2 Å². The Morgan fingerprint density at radius 3 is 2.41 bits per heavy atom. The Labute approximate surface area is 172 Å². The van der Waals surface area contributed by atoms with Gasteiger partial charge in [0.25, 0.3) is 0 Å². The van der Waals surface area contributed by atoms with Crippen molar-refractivity contribution in [3.05, 3.63) is 35.9 Å². The van der Waals surface area contributed by atoms with E-state index in [9.17, 15) is 14.4 Å². The van der Waals surface area contributed by atoms with Crippen LogP contribution >= 0.6 is 0 Å². The molecule has 0 saturated carbocycles. The molecule has 29 heavy (non-hydrogen) atoms. The number of ether oxygens (including phenoxy) is 3. The van der Waals surface area contributed by atoms with Crippen molar-refractivity contribution in [2.45, 2.75) is 59.2 Å².